The SMILES string of the molecule is c1cc(NC[C@H]2CCN(C3CCCC3)C2)ncn1. The molecule has 2 fully saturated rings. The lowest BCUT2D eigenvalue weighted by Crippen LogP contribution is -2.31. The van der Waals surface area contributed by atoms with Gasteiger partial charge in [0.15, 0.2) is 0 Å². The molecule has 0 radical (unpaired) electrons. The van der Waals surface area contributed by atoms with Crippen LogP contribution in [0.2, 0.25) is 0 Å². The van der Waals surface area contributed by atoms with Crippen molar-refractivity contribution < 1.29 is 0 Å². The van der Waals surface area contributed by atoms with E-state index in [2.05, 4.69) is 20.2 Å². The average molecular weight is 246 g/mol. The zero-order valence-electron chi connectivity index (χ0n) is 10.9. The van der Waals surface area contributed by atoms with Gasteiger partial charge in [-0.1, -0.05) is 12.8 Å². The van der Waals surface area contributed by atoms with Crippen LogP contribution in [-0.2, 0) is 0 Å². The Bertz CT molecular complexity index is 361. The van der Waals surface area contributed by atoms with Gasteiger partial charge in [0.2, 0.25) is 0 Å². The Kier molecular flexibility index (Phi) is 3.74. The molecule has 0 amide bonds. The van der Waals surface area contributed by atoms with Crippen LogP contribution in [0.15, 0.2) is 18.6 Å². The summed E-state index contributed by atoms with van der Waals surface area (Å²) >= 11 is 0. The van der Waals surface area contributed by atoms with Crippen molar-refractivity contribution in [1.82, 2.24) is 14.9 Å². The van der Waals surface area contributed by atoms with E-state index in [1.54, 1.807) is 12.5 Å². The molecule has 0 unspecified atom stereocenters. The van der Waals surface area contributed by atoms with Crippen LogP contribution < -0.4 is 5.32 Å². The van der Waals surface area contributed by atoms with E-state index in [0.29, 0.717) is 0 Å². The minimum atomic E-state index is 0.778. The zero-order valence-corrected chi connectivity index (χ0v) is 10.9. The van der Waals surface area contributed by atoms with Crippen LogP contribution in [0.3, 0.4) is 0 Å². The number of nitrogens with zero attached hydrogens (tertiary/aromatic N) is 3. The molecule has 2 heterocycles. The number of hydrogen-bond donors (Lipinski definition) is 1. The number of aromatic nitrogens is 2. The molecule has 0 spiro atoms. The molecule has 1 saturated carbocycles. The molecule has 2 aliphatic rings. The highest BCUT2D eigenvalue weighted by Gasteiger charge is 2.29. The second-order valence-electron chi connectivity index (χ2n) is 5.56. The topological polar surface area (TPSA) is 41.0 Å². The van der Waals surface area contributed by atoms with Gasteiger partial charge in [-0.05, 0) is 37.8 Å². The highest BCUT2D eigenvalue weighted by Crippen LogP contribution is 2.28. The molecule has 1 N–H and O–H groups in total. The van der Waals surface area contributed by atoms with E-state index in [9.17, 15) is 0 Å². The predicted molar refractivity (Wildman–Crippen MR) is 72.5 cm³/mol. The fraction of sp³-hybridized carbons (Fsp3) is 0.714. The highest BCUT2D eigenvalue weighted by molar-refractivity contribution is 5.31. The first-order valence-corrected chi connectivity index (χ1v) is 7.16. The van der Waals surface area contributed by atoms with Crippen LogP contribution in [0.1, 0.15) is 32.1 Å². The van der Waals surface area contributed by atoms with Crippen molar-refractivity contribution in [3.05, 3.63) is 18.6 Å². The van der Waals surface area contributed by atoms with Crippen molar-refractivity contribution in [2.45, 2.75) is 38.1 Å². The third-order valence-corrected chi connectivity index (χ3v) is 4.31. The van der Waals surface area contributed by atoms with E-state index in [1.165, 1.54) is 45.2 Å². The second-order valence-corrected chi connectivity index (χ2v) is 5.56. The van der Waals surface area contributed by atoms with Crippen LogP contribution in [0.4, 0.5) is 5.82 Å². The van der Waals surface area contributed by atoms with Crippen molar-refractivity contribution >= 4 is 5.82 Å². The third kappa shape index (κ3) is 2.80. The lowest BCUT2D eigenvalue weighted by molar-refractivity contribution is 0.238. The van der Waals surface area contributed by atoms with E-state index in [4.69, 9.17) is 0 Å². The zero-order chi connectivity index (χ0) is 12.2. The Labute approximate surface area is 109 Å². The van der Waals surface area contributed by atoms with Gasteiger partial charge in [-0.15, -0.1) is 0 Å². The summed E-state index contributed by atoms with van der Waals surface area (Å²) in [5, 5.41) is 3.42. The molecular formula is C14H22N4. The molecule has 1 saturated heterocycles. The first-order chi connectivity index (χ1) is 8.92. The van der Waals surface area contributed by atoms with Gasteiger partial charge in [0, 0.05) is 25.3 Å². The van der Waals surface area contributed by atoms with Gasteiger partial charge in [-0.2, -0.15) is 0 Å². The molecule has 3 rings (SSSR count). The number of likely N-dealkylation sites (tertiary alicyclic amines) is 1. The van der Waals surface area contributed by atoms with Crippen LogP contribution in [0, 0.1) is 5.92 Å². The van der Waals surface area contributed by atoms with Gasteiger partial charge in [0.05, 0.1) is 0 Å². The molecule has 1 aliphatic carbocycles. The van der Waals surface area contributed by atoms with E-state index in [-0.39, 0.29) is 0 Å². The van der Waals surface area contributed by atoms with Crippen LogP contribution in [0.5, 0.6) is 0 Å². The number of hydrogen-bond acceptors (Lipinski definition) is 4. The number of rotatable bonds is 4. The van der Waals surface area contributed by atoms with E-state index < -0.39 is 0 Å². The van der Waals surface area contributed by atoms with Gasteiger partial charge in [-0.25, -0.2) is 9.97 Å². The maximum atomic E-state index is 4.20. The van der Waals surface area contributed by atoms with Gasteiger partial charge in [0.25, 0.3) is 0 Å². The molecule has 1 aliphatic heterocycles. The Balaban J connectivity index is 1.45. The predicted octanol–water partition coefficient (Wildman–Crippen LogP) is 2.15. The first kappa shape index (κ1) is 11.9. The Hall–Kier alpha value is -1.16. The standard InChI is InChI=1S/C14H22N4/c1-2-4-13(3-1)18-8-6-12(10-18)9-16-14-5-7-15-11-17-14/h5,7,11-13H,1-4,6,8-10H2,(H,15,16,17)/t12-/m1/s1. The molecule has 0 bridgehead atoms. The number of anilines is 1. The summed E-state index contributed by atoms with van der Waals surface area (Å²) in [6.07, 6.45) is 10.4. The Morgan fingerprint density at radius 2 is 2.17 bits per heavy atom. The largest absolute Gasteiger partial charge is 0.370 e. The van der Waals surface area contributed by atoms with E-state index >= 15 is 0 Å². The molecule has 1 atom stereocenters. The fourth-order valence-electron chi connectivity index (χ4n) is 3.27. The van der Waals surface area contributed by atoms with E-state index in [1.807, 2.05) is 6.07 Å². The van der Waals surface area contributed by atoms with Crippen LogP contribution in [-0.4, -0.2) is 40.5 Å². The van der Waals surface area contributed by atoms with Crippen LogP contribution in [0.25, 0.3) is 0 Å². The van der Waals surface area contributed by atoms with Crippen molar-refractivity contribution in [2.75, 3.05) is 25.0 Å². The molecule has 4 heteroatoms. The molecule has 0 aromatic carbocycles. The maximum absolute atomic E-state index is 4.20. The maximum Gasteiger partial charge on any atom is 0.129 e. The van der Waals surface area contributed by atoms with Gasteiger partial charge >= 0.3 is 0 Å². The summed E-state index contributed by atoms with van der Waals surface area (Å²) in [5.74, 6) is 1.73. The fourth-order valence-corrected chi connectivity index (χ4v) is 3.27. The van der Waals surface area contributed by atoms with Gasteiger partial charge in [0.1, 0.15) is 12.1 Å². The summed E-state index contributed by atoms with van der Waals surface area (Å²) in [5.41, 5.74) is 0. The van der Waals surface area contributed by atoms with Crippen LogP contribution >= 0.6 is 0 Å². The lowest BCUT2D eigenvalue weighted by atomic mass is 10.1. The Morgan fingerprint density at radius 1 is 1.28 bits per heavy atom. The van der Waals surface area contributed by atoms with Crippen molar-refractivity contribution in [3.63, 3.8) is 0 Å². The molecule has 1 aromatic rings. The lowest BCUT2D eigenvalue weighted by Gasteiger charge is -2.23. The molecule has 98 valence electrons. The monoisotopic (exact) mass is 246 g/mol. The summed E-state index contributed by atoms with van der Waals surface area (Å²) < 4.78 is 0. The van der Waals surface area contributed by atoms with Crippen molar-refractivity contribution in [3.8, 4) is 0 Å². The van der Waals surface area contributed by atoms with Gasteiger partial charge < -0.3 is 10.2 Å². The highest BCUT2D eigenvalue weighted by atomic mass is 15.2. The minimum absolute atomic E-state index is 0.778. The van der Waals surface area contributed by atoms with Crippen molar-refractivity contribution in [2.24, 2.45) is 5.92 Å². The smallest absolute Gasteiger partial charge is 0.129 e. The summed E-state index contributed by atoms with van der Waals surface area (Å²) in [6, 6.07) is 2.82. The molecular weight excluding hydrogens is 224 g/mol. The van der Waals surface area contributed by atoms with Crippen molar-refractivity contribution in [1.29, 1.82) is 0 Å². The number of nitrogens with one attached hydrogen (secondary N) is 1. The third-order valence-electron chi connectivity index (χ3n) is 4.31. The first-order valence-electron chi connectivity index (χ1n) is 7.16. The van der Waals surface area contributed by atoms with Gasteiger partial charge in [-0.3, -0.25) is 0 Å². The summed E-state index contributed by atoms with van der Waals surface area (Å²) in [7, 11) is 0. The minimum Gasteiger partial charge on any atom is -0.370 e. The summed E-state index contributed by atoms with van der Waals surface area (Å²) in [4.78, 5) is 10.8. The molecule has 4 nitrogen and oxygen atoms in total. The Morgan fingerprint density at radius 3 is 2.94 bits per heavy atom. The molecule has 1 aromatic heterocycles. The second kappa shape index (κ2) is 5.65. The summed E-state index contributed by atoms with van der Waals surface area (Å²) in [6.45, 7) is 3.60. The molecule has 18 heavy (non-hydrogen) atoms. The van der Waals surface area contributed by atoms with E-state index in [0.717, 1.165) is 24.3 Å². The average Bonchev–Trinajstić information content (AvgIpc) is 3.08. The quantitative estimate of drug-likeness (QED) is 0.884. The normalized spacial score (nSPS) is 25.7.